The second-order valence-electron chi connectivity index (χ2n) is 5.90. The highest BCUT2D eigenvalue weighted by atomic mass is 15.5. The molecule has 5 nitrogen and oxygen atoms in total. The molecule has 2 heterocycles. The summed E-state index contributed by atoms with van der Waals surface area (Å²) in [5.41, 5.74) is 2.47. The molecule has 0 aliphatic carbocycles. The summed E-state index contributed by atoms with van der Waals surface area (Å²) in [5.74, 6) is 0.677. The van der Waals surface area contributed by atoms with Crippen LogP contribution < -0.4 is 5.32 Å². The molecular formula is C13H25N5. The van der Waals surface area contributed by atoms with E-state index >= 15 is 0 Å². The van der Waals surface area contributed by atoms with Gasteiger partial charge in [-0.1, -0.05) is 19.1 Å². The van der Waals surface area contributed by atoms with Crippen molar-refractivity contribution in [1.82, 2.24) is 25.2 Å². The zero-order chi connectivity index (χ0) is 13.1. The Bertz CT molecular complexity index is 373. The second-order valence-corrected chi connectivity index (χ2v) is 5.90. The second kappa shape index (κ2) is 5.80. The maximum Gasteiger partial charge on any atom is 0.0997 e. The minimum Gasteiger partial charge on any atom is -0.311 e. The SMILES string of the molecule is CC(C)CC(CN(C)C)n1nnc2c1CCNC2. The van der Waals surface area contributed by atoms with Gasteiger partial charge in [-0.2, -0.15) is 0 Å². The fourth-order valence-electron chi connectivity index (χ4n) is 2.67. The predicted octanol–water partition coefficient (Wildman–Crippen LogP) is 1.07. The van der Waals surface area contributed by atoms with Crippen molar-refractivity contribution in [2.45, 2.75) is 39.3 Å². The Morgan fingerprint density at radius 2 is 2.17 bits per heavy atom. The lowest BCUT2D eigenvalue weighted by Crippen LogP contribution is -2.30. The summed E-state index contributed by atoms with van der Waals surface area (Å²) in [5, 5.41) is 12.1. The first kappa shape index (κ1) is 13.5. The molecule has 0 spiro atoms. The molecule has 1 aliphatic rings. The maximum atomic E-state index is 4.40. The molecule has 1 aromatic heterocycles. The summed E-state index contributed by atoms with van der Waals surface area (Å²) >= 11 is 0. The van der Waals surface area contributed by atoms with Crippen LogP contribution in [0.1, 0.15) is 37.7 Å². The summed E-state index contributed by atoms with van der Waals surface area (Å²) in [6.07, 6.45) is 2.20. The average molecular weight is 251 g/mol. The lowest BCUT2D eigenvalue weighted by Gasteiger charge is -2.25. The number of hydrogen-bond donors (Lipinski definition) is 1. The van der Waals surface area contributed by atoms with Gasteiger partial charge in [-0.05, 0) is 26.4 Å². The van der Waals surface area contributed by atoms with Gasteiger partial charge >= 0.3 is 0 Å². The van der Waals surface area contributed by atoms with Crippen LogP contribution in [0.15, 0.2) is 0 Å². The van der Waals surface area contributed by atoms with Crippen molar-refractivity contribution in [3.63, 3.8) is 0 Å². The summed E-state index contributed by atoms with van der Waals surface area (Å²) in [4.78, 5) is 2.24. The first-order chi connectivity index (χ1) is 8.58. The zero-order valence-corrected chi connectivity index (χ0v) is 12.0. The normalized spacial score (nSPS) is 17.2. The van der Waals surface area contributed by atoms with Gasteiger partial charge in [0.25, 0.3) is 0 Å². The molecule has 1 unspecified atom stereocenters. The number of aromatic nitrogens is 3. The van der Waals surface area contributed by atoms with E-state index in [0.29, 0.717) is 12.0 Å². The predicted molar refractivity (Wildman–Crippen MR) is 72.5 cm³/mol. The number of nitrogens with one attached hydrogen (secondary N) is 1. The first-order valence-electron chi connectivity index (χ1n) is 6.86. The summed E-state index contributed by atoms with van der Waals surface area (Å²) < 4.78 is 2.18. The van der Waals surface area contributed by atoms with Crippen molar-refractivity contribution in [1.29, 1.82) is 0 Å². The van der Waals surface area contributed by atoms with E-state index in [4.69, 9.17) is 0 Å². The van der Waals surface area contributed by atoms with Crippen LogP contribution in [0.3, 0.4) is 0 Å². The van der Waals surface area contributed by atoms with Gasteiger partial charge < -0.3 is 10.2 Å². The highest BCUT2D eigenvalue weighted by molar-refractivity contribution is 5.14. The molecule has 1 N–H and O–H groups in total. The van der Waals surface area contributed by atoms with Gasteiger partial charge in [0.2, 0.25) is 0 Å². The number of fused-ring (bicyclic) bond motifs is 1. The minimum atomic E-state index is 0.439. The van der Waals surface area contributed by atoms with E-state index in [2.05, 4.69) is 53.2 Å². The highest BCUT2D eigenvalue weighted by Gasteiger charge is 2.23. The van der Waals surface area contributed by atoms with Crippen LogP contribution in [-0.4, -0.2) is 47.1 Å². The fourth-order valence-corrected chi connectivity index (χ4v) is 2.67. The monoisotopic (exact) mass is 251 g/mol. The number of likely N-dealkylation sites (N-methyl/N-ethyl adjacent to an activating group) is 1. The molecule has 2 rings (SSSR count). The van der Waals surface area contributed by atoms with E-state index < -0.39 is 0 Å². The van der Waals surface area contributed by atoms with Crippen molar-refractivity contribution in [2.75, 3.05) is 27.2 Å². The topological polar surface area (TPSA) is 46.0 Å². The van der Waals surface area contributed by atoms with Gasteiger partial charge in [-0.15, -0.1) is 5.10 Å². The lowest BCUT2D eigenvalue weighted by molar-refractivity contribution is 0.265. The summed E-state index contributed by atoms with van der Waals surface area (Å²) in [6, 6.07) is 0.439. The molecular weight excluding hydrogens is 226 g/mol. The zero-order valence-electron chi connectivity index (χ0n) is 12.0. The third kappa shape index (κ3) is 3.09. The molecule has 18 heavy (non-hydrogen) atoms. The average Bonchev–Trinajstić information content (AvgIpc) is 2.70. The molecule has 1 aliphatic heterocycles. The fraction of sp³-hybridized carbons (Fsp3) is 0.846. The van der Waals surface area contributed by atoms with Crippen LogP contribution >= 0.6 is 0 Å². The van der Waals surface area contributed by atoms with Crippen LogP contribution in [0, 0.1) is 5.92 Å². The number of hydrogen-bond acceptors (Lipinski definition) is 4. The Morgan fingerprint density at radius 3 is 2.83 bits per heavy atom. The van der Waals surface area contributed by atoms with Crippen molar-refractivity contribution >= 4 is 0 Å². The van der Waals surface area contributed by atoms with Crippen LogP contribution in [0.4, 0.5) is 0 Å². The van der Waals surface area contributed by atoms with E-state index in [1.54, 1.807) is 0 Å². The quantitative estimate of drug-likeness (QED) is 0.850. The Kier molecular flexibility index (Phi) is 4.35. The largest absolute Gasteiger partial charge is 0.311 e. The molecule has 0 saturated heterocycles. The minimum absolute atomic E-state index is 0.439. The third-order valence-electron chi connectivity index (χ3n) is 3.37. The molecule has 0 fully saturated rings. The van der Waals surface area contributed by atoms with Crippen LogP contribution in [0.5, 0.6) is 0 Å². The smallest absolute Gasteiger partial charge is 0.0997 e. The molecule has 102 valence electrons. The molecule has 0 radical (unpaired) electrons. The summed E-state index contributed by atoms with van der Waals surface area (Å²) in [6.45, 7) is 7.48. The van der Waals surface area contributed by atoms with Crippen LogP contribution in [0.25, 0.3) is 0 Å². The Labute approximate surface area is 110 Å². The first-order valence-corrected chi connectivity index (χ1v) is 6.86. The Balaban J connectivity index is 2.21. The Hall–Kier alpha value is -0.940. The van der Waals surface area contributed by atoms with Crippen LogP contribution in [0.2, 0.25) is 0 Å². The molecule has 0 saturated carbocycles. The highest BCUT2D eigenvalue weighted by Crippen LogP contribution is 2.22. The van der Waals surface area contributed by atoms with Crippen molar-refractivity contribution in [3.8, 4) is 0 Å². The van der Waals surface area contributed by atoms with E-state index in [-0.39, 0.29) is 0 Å². The molecule has 0 amide bonds. The van der Waals surface area contributed by atoms with E-state index in [1.807, 2.05) is 0 Å². The van der Waals surface area contributed by atoms with E-state index in [1.165, 1.54) is 5.69 Å². The molecule has 5 heteroatoms. The van der Waals surface area contributed by atoms with E-state index in [0.717, 1.165) is 38.2 Å². The molecule has 1 atom stereocenters. The lowest BCUT2D eigenvalue weighted by atomic mass is 10.0. The maximum absolute atomic E-state index is 4.40. The van der Waals surface area contributed by atoms with Crippen molar-refractivity contribution in [3.05, 3.63) is 11.4 Å². The standard InChI is InChI=1S/C13H25N5/c1-10(2)7-11(9-17(3)4)18-13-5-6-14-8-12(13)15-16-18/h10-11,14H,5-9H2,1-4H3. The number of rotatable bonds is 5. The van der Waals surface area contributed by atoms with Gasteiger partial charge in [-0.25, -0.2) is 4.68 Å². The molecule has 1 aromatic rings. The van der Waals surface area contributed by atoms with Gasteiger partial charge in [0.05, 0.1) is 17.4 Å². The summed E-state index contributed by atoms with van der Waals surface area (Å²) in [7, 11) is 4.25. The van der Waals surface area contributed by atoms with Gasteiger partial charge in [0.1, 0.15) is 0 Å². The third-order valence-corrected chi connectivity index (χ3v) is 3.37. The number of nitrogens with zero attached hydrogens (tertiary/aromatic N) is 4. The van der Waals surface area contributed by atoms with Crippen molar-refractivity contribution in [2.24, 2.45) is 5.92 Å². The molecule has 0 aromatic carbocycles. The van der Waals surface area contributed by atoms with Crippen molar-refractivity contribution < 1.29 is 0 Å². The van der Waals surface area contributed by atoms with Gasteiger partial charge in [-0.3, -0.25) is 0 Å². The van der Waals surface area contributed by atoms with Gasteiger partial charge in [0, 0.05) is 26.1 Å². The van der Waals surface area contributed by atoms with Gasteiger partial charge in [0.15, 0.2) is 0 Å². The van der Waals surface area contributed by atoms with E-state index in [9.17, 15) is 0 Å². The Morgan fingerprint density at radius 1 is 1.39 bits per heavy atom. The molecule has 0 bridgehead atoms. The van der Waals surface area contributed by atoms with Crippen LogP contribution in [-0.2, 0) is 13.0 Å².